The van der Waals surface area contributed by atoms with E-state index in [9.17, 15) is 0 Å². The Kier molecular flexibility index (Phi) is 10.5. The molecule has 0 heterocycles. The zero-order valence-corrected chi connectivity index (χ0v) is 9.63. The fraction of sp³-hybridized carbons (Fsp3) is 0.375. The van der Waals surface area contributed by atoms with Crippen molar-refractivity contribution in [1.82, 2.24) is 0 Å². The van der Waals surface area contributed by atoms with Crippen LogP contribution in [0.2, 0.25) is 0 Å². The van der Waals surface area contributed by atoms with E-state index in [2.05, 4.69) is 4.74 Å². The van der Waals surface area contributed by atoms with Crippen molar-refractivity contribution in [3.8, 4) is 0 Å². The molecule has 0 aromatic heterocycles. The molecular formula is C8H11NaO3. The topological polar surface area (TPSA) is 46.5 Å². The van der Waals surface area contributed by atoms with Gasteiger partial charge in [0.1, 0.15) is 0 Å². The Balaban J connectivity index is 0. The van der Waals surface area contributed by atoms with E-state index in [1.54, 1.807) is 6.08 Å². The van der Waals surface area contributed by atoms with E-state index < -0.39 is 0 Å². The molecule has 12 heavy (non-hydrogen) atoms. The third-order valence-electron chi connectivity index (χ3n) is 1.11. The van der Waals surface area contributed by atoms with Crippen LogP contribution in [0.3, 0.4) is 0 Å². The number of carbonyl (C=O) groups excluding carboxylic acids is 1. The summed E-state index contributed by atoms with van der Waals surface area (Å²) >= 11 is 0. The Labute approximate surface area is 94.4 Å². The average Bonchev–Trinajstić information content (AvgIpc) is 2.35. The number of rotatable bonds is 1. The molecule has 0 aliphatic heterocycles. The van der Waals surface area contributed by atoms with Gasteiger partial charge in [-0.15, -0.1) is 0 Å². The second-order valence-electron chi connectivity index (χ2n) is 2.08. The van der Waals surface area contributed by atoms with Gasteiger partial charge in [0.05, 0.1) is 5.76 Å². The Hall–Kier alpha value is -0.250. The molecule has 1 N–H and O–H groups in total. The van der Waals surface area contributed by atoms with Crippen molar-refractivity contribution in [1.29, 1.82) is 0 Å². The van der Waals surface area contributed by atoms with E-state index in [0.29, 0.717) is 5.76 Å². The maximum atomic E-state index is 8.83. The minimum absolute atomic E-state index is 0. The maximum Gasteiger partial charge on any atom is 1.00 e. The molecule has 0 spiro atoms. The summed E-state index contributed by atoms with van der Waals surface area (Å²) in [6, 6.07) is 0. The molecule has 0 amide bonds. The van der Waals surface area contributed by atoms with Crippen molar-refractivity contribution < 1.29 is 44.2 Å². The summed E-state index contributed by atoms with van der Waals surface area (Å²) in [5.74, 6) is 0.484. The predicted octanol–water partition coefficient (Wildman–Crippen LogP) is -1.52. The summed E-state index contributed by atoms with van der Waals surface area (Å²) in [5, 5.41) is 8.71. The van der Waals surface area contributed by atoms with Gasteiger partial charge in [-0.3, -0.25) is 0 Å². The van der Waals surface area contributed by atoms with Crippen LogP contribution >= 0.6 is 0 Å². The third-order valence-corrected chi connectivity index (χ3v) is 1.11. The Bertz CT molecular complexity index is 185. The average molecular weight is 178 g/mol. The van der Waals surface area contributed by atoms with Crippen LogP contribution in [0.25, 0.3) is 0 Å². The van der Waals surface area contributed by atoms with Crippen molar-refractivity contribution in [2.24, 2.45) is 0 Å². The molecule has 0 fully saturated rings. The van der Waals surface area contributed by atoms with Gasteiger partial charge in [0.2, 0.25) is 0 Å². The number of allylic oxidation sites excluding steroid dienone is 3. The Morgan fingerprint density at radius 3 is 2.25 bits per heavy atom. The molecule has 0 saturated carbocycles. The van der Waals surface area contributed by atoms with Crippen LogP contribution in [0.4, 0.5) is 0 Å². The van der Waals surface area contributed by atoms with Gasteiger partial charge in [-0.2, -0.15) is 0 Å². The van der Waals surface area contributed by atoms with Crippen LogP contribution in [0, 0.1) is 0 Å². The summed E-state index contributed by atoms with van der Waals surface area (Å²) in [6.07, 6.45) is 4.50. The van der Waals surface area contributed by atoms with Crippen molar-refractivity contribution in [2.75, 3.05) is 7.11 Å². The van der Waals surface area contributed by atoms with Crippen molar-refractivity contribution >= 4 is 6.47 Å². The van der Waals surface area contributed by atoms with Crippen molar-refractivity contribution in [2.45, 2.75) is 13.3 Å². The molecule has 4 heteroatoms. The van der Waals surface area contributed by atoms with Crippen molar-refractivity contribution in [3.05, 3.63) is 23.5 Å². The molecule has 0 unspecified atom stereocenters. The van der Waals surface area contributed by atoms with Crippen LogP contribution < -0.4 is 29.6 Å². The zero-order chi connectivity index (χ0) is 8.69. The monoisotopic (exact) mass is 178 g/mol. The minimum Gasteiger partial charge on any atom is -0.655 e. The first kappa shape index (κ1) is 14.3. The summed E-state index contributed by atoms with van der Waals surface area (Å²) in [6.45, 7) is 3.16. The van der Waals surface area contributed by atoms with E-state index in [1.807, 2.05) is 13.0 Å². The van der Waals surface area contributed by atoms with E-state index in [0.717, 1.165) is 12.0 Å². The molecule has 0 saturated heterocycles. The van der Waals surface area contributed by atoms with Gasteiger partial charge in [0.15, 0.2) is 0 Å². The summed E-state index contributed by atoms with van der Waals surface area (Å²) in [7, 11) is 1.26. The molecule has 1 aliphatic rings. The minimum atomic E-state index is 0. The summed E-state index contributed by atoms with van der Waals surface area (Å²) < 4.78 is 3.74. The van der Waals surface area contributed by atoms with Gasteiger partial charge in [-0.25, -0.2) is 0 Å². The maximum absolute atomic E-state index is 8.83. The summed E-state index contributed by atoms with van der Waals surface area (Å²) in [5.41, 5.74) is 1.16. The number of aliphatic hydroxyl groups excluding tert-OH is 1. The number of hydrogen-bond acceptors (Lipinski definition) is 3. The fourth-order valence-electron chi connectivity index (χ4n) is 0.646. The molecule has 0 aromatic rings. The molecule has 1 aliphatic carbocycles. The van der Waals surface area contributed by atoms with E-state index in [1.165, 1.54) is 13.6 Å². The number of methoxy groups -OCH3 is 1. The molecular weight excluding hydrogens is 167 g/mol. The van der Waals surface area contributed by atoms with Crippen LogP contribution in [0.15, 0.2) is 23.5 Å². The molecule has 0 aromatic carbocycles. The molecule has 62 valence electrons. The van der Waals surface area contributed by atoms with E-state index >= 15 is 0 Å². The van der Waals surface area contributed by atoms with Gasteiger partial charge in [-0.05, 0) is 13.0 Å². The smallest absolute Gasteiger partial charge is 0.655 e. The normalized spacial score (nSPS) is 12.8. The first-order valence-corrected chi connectivity index (χ1v) is 3.17. The van der Waals surface area contributed by atoms with Gasteiger partial charge < -0.3 is 14.6 Å². The molecule has 0 radical (unpaired) electrons. The fourth-order valence-corrected chi connectivity index (χ4v) is 0.646. The number of ether oxygens (including phenoxy) is 1. The second kappa shape index (κ2) is 8.84. The van der Waals surface area contributed by atoms with Gasteiger partial charge in [-0.1, -0.05) is 18.1 Å². The largest absolute Gasteiger partial charge is 1.00 e. The van der Waals surface area contributed by atoms with Gasteiger partial charge in [0, 0.05) is 13.5 Å². The van der Waals surface area contributed by atoms with Gasteiger partial charge >= 0.3 is 29.6 Å². The van der Waals surface area contributed by atoms with Crippen molar-refractivity contribution in [3.63, 3.8) is 0 Å². The number of aliphatic hydroxyl groups is 1. The molecule has 1 rings (SSSR count). The van der Waals surface area contributed by atoms with E-state index in [4.69, 9.17) is 9.90 Å². The zero-order valence-electron chi connectivity index (χ0n) is 7.63. The molecule has 3 nitrogen and oxygen atoms in total. The Morgan fingerprint density at radius 2 is 2.17 bits per heavy atom. The molecule has 0 bridgehead atoms. The second-order valence-corrected chi connectivity index (χ2v) is 2.08. The number of hydrogen-bond donors (Lipinski definition) is 1. The first-order valence-electron chi connectivity index (χ1n) is 3.17. The Morgan fingerprint density at radius 1 is 1.67 bits per heavy atom. The van der Waals surface area contributed by atoms with Crippen LogP contribution in [-0.2, 0) is 9.53 Å². The predicted molar refractivity (Wildman–Crippen MR) is 41.8 cm³/mol. The first-order chi connectivity index (χ1) is 5.20. The standard InChI is InChI=1S/C6H8O.C2H3O2.Na/c1-5-2-3-6(7)4-5;1-4-2-3;/h2,4,7H,3H2,1H3;1H3;/q;-1;+1. The molecule has 0 atom stereocenters. The van der Waals surface area contributed by atoms with E-state index in [-0.39, 0.29) is 29.6 Å². The quantitative estimate of drug-likeness (QED) is 0.392. The van der Waals surface area contributed by atoms with Gasteiger partial charge in [0.25, 0.3) is 0 Å². The third kappa shape index (κ3) is 7.85. The summed E-state index contributed by atoms with van der Waals surface area (Å²) in [4.78, 5) is 8.83. The van der Waals surface area contributed by atoms with Crippen LogP contribution in [0.5, 0.6) is 0 Å². The van der Waals surface area contributed by atoms with Crippen LogP contribution in [-0.4, -0.2) is 18.7 Å². The van der Waals surface area contributed by atoms with Crippen LogP contribution in [0.1, 0.15) is 13.3 Å². The SMILES string of the molecule is CC1=CCC(O)=C1.CO[C-]=O.[Na+].